The van der Waals surface area contributed by atoms with E-state index in [0.717, 1.165) is 18.1 Å². The van der Waals surface area contributed by atoms with Crippen molar-refractivity contribution in [2.45, 2.75) is 26.3 Å². The molecule has 2 rings (SSSR count). The molecule has 0 radical (unpaired) electrons. The molecule has 22 heavy (non-hydrogen) atoms. The van der Waals surface area contributed by atoms with Gasteiger partial charge in [-0.3, -0.25) is 4.31 Å². The van der Waals surface area contributed by atoms with Crippen molar-refractivity contribution in [1.29, 1.82) is 0 Å². The van der Waals surface area contributed by atoms with Crippen molar-refractivity contribution in [2.75, 3.05) is 16.8 Å². The largest absolute Gasteiger partial charge is 0.383 e. The highest BCUT2D eigenvalue weighted by molar-refractivity contribution is 7.92. The van der Waals surface area contributed by atoms with E-state index < -0.39 is 25.7 Å². The molecular weight excluding hydrogens is 326 g/mol. The van der Waals surface area contributed by atoms with Crippen LogP contribution in [0.5, 0.6) is 5.75 Å². The highest BCUT2D eigenvalue weighted by atomic mass is 32.2. The van der Waals surface area contributed by atoms with Crippen LogP contribution in [0.15, 0.2) is 24.3 Å². The normalized spacial score (nSPS) is 17.7. The van der Waals surface area contributed by atoms with E-state index in [1.807, 2.05) is 13.0 Å². The molecule has 0 amide bonds. The zero-order valence-corrected chi connectivity index (χ0v) is 14.7. The molecule has 1 aromatic carbocycles. The van der Waals surface area contributed by atoms with Crippen molar-refractivity contribution in [3.63, 3.8) is 0 Å². The molecule has 1 aliphatic heterocycles. The van der Waals surface area contributed by atoms with Crippen molar-refractivity contribution in [1.82, 2.24) is 0 Å². The van der Waals surface area contributed by atoms with Crippen molar-refractivity contribution in [3.05, 3.63) is 29.8 Å². The van der Waals surface area contributed by atoms with E-state index in [2.05, 4.69) is 0 Å². The van der Waals surface area contributed by atoms with E-state index in [0.29, 0.717) is 11.3 Å². The summed E-state index contributed by atoms with van der Waals surface area (Å²) in [6.45, 7) is 5.47. The van der Waals surface area contributed by atoms with Gasteiger partial charge in [0.05, 0.1) is 23.7 Å². The molecule has 0 aromatic heterocycles. The smallest absolute Gasteiger partial charge is 0.306 e. The van der Waals surface area contributed by atoms with Crippen LogP contribution in [0.3, 0.4) is 0 Å². The van der Waals surface area contributed by atoms with E-state index in [1.165, 1.54) is 16.4 Å². The molecule has 1 heterocycles. The summed E-state index contributed by atoms with van der Waals surface area (Å²) < 4.78 is 53.0. The molecule has 122 valence electrons. The Hall–Kier alpha value is -1.54. The van der Waals surface area contributed by atoms with Crippen LogP contribution in [-0.4, -0.2) is 34.9 Å². The van der Waals surface area contributed by atoms with Crippen LogP contribution in [0, 0.1) is 0 Å². The molecule has 0 unspecified atom stereocenters. The third-order valence-corrected chi connectivity index (χ3v) is 5.11. The zero-order valence-electron chi connectivity index (χ0n) is 13.1. The number of benzene rings is 1. The molecule has 8 heteroatoms. The molecule has 1 aliphatic rings. The fraction of sp³-hybridized carbons (Fsp3) is 0.429. The molecule has 0 saturated carbocycles. The molecule has 0 N–H and O–H groups in total. The van der Waals surface area contributed by atoms with E-state index in [1.54, 1.807) is 19.9 Å². The van der Waals surface area contributed by atoms with Crippen LogP contribution in [0.2, 0.25) is 0 Å². The van der Waals surface area contributed by atoms with Gasteiger partial charge in [0, 0.05) is 5.56 Å². The molecule has 0 spiro atoms. The summed E-state index contributed by atoms with van der Waals surface area (Å²) in [7, 11) is -7.13. The number of allylic oxidation sites excluding steroid dienone is 1. The molecule has 0 saturated heterocycles. The fourth-order valence-corrected chi connectivity index (χ4v) is 4.69. The summed E-state index contributed by atoms with van der Waals surface area (Å²) in [5, 5.41) is 0. The molecule has 0 aliphatic carbocycles. The lowest BCUT2D eigenvalue weighted by molar-refractivity contribution is 0.492. The summed E-state index contributed by atoms with van der Waals surface area (Å²) in [5.41, 5.74) is 1.29. The van der Waals surface area contributed by atoms with Gasteiger partial charge >= 0.3 is 10.1 Å². The molecular formula is C14H19NO5S2. The number of hydrogen-bond donors (Lipinski definition) is 0. The number of anilines is 1. The van der Waals surface area contributed by atoms with Crippen LogP contribution in [-0.2, 0) is 20.1 Å². The first-order chi connectivity index (χ1) is 9.81. The van der Waals surface area contributed by atoms with E-state index in [-0.39, 0.29) is 5.75 Å². The van der Waals surface area contributed by atoms with Crippen LogP contribution in [0.1, 0.15) is 26.3 Å². The highest BCUT2D eigenvalue weighted by Crippen LogP contribution is 2.41. The van der Waals surface area contributed by atoms with E-state index in [9.17, 15) is 16.8 Å². The first kappa shape index (κ1) is 16.8. The Morgan fingerprint density at radius 1 is 1.09 bits per heavy atom. The maximum absolute atomic E-state index is 12.2. The van der Waals surface area contributed by atoms with Gasteiger partial charge in [-0.15, -0.1) is 0 Å². The minimum Gasteiger partial charge on any atom is -0.383 e. The fourth-order valence-electron chi connectivity index (χ4n) is 2.82. The van der Waals surface area contributed by atoms with Gasteiger partial charge in [0.15, 0.2) is 0 Å². The van der Waals surface area contributed by atoms with Gasteiger partial charge in [0.2, 0.25) is 10.0 Å². The van der Waals surface area contributed by atoms with Gasteiger partial charge in [0.25, 0.3) is 0 Å². The quantitative estimate of drug-likeness (QED) is 0.783. The summed E-state index contributed by atoms with van der Waals surface area (Å²) in [6, 6.07) is 4.55. The van der Waals surface area contributed by atoms with Crippen LogP contribution in [0.4, 0.5) is 5.69 Å². The third-order valence-electron chi connectivity index (χ3n) is 3.28. The molecule has 0 bridgehead atoms. The monoisotopic (exact) mass is 345 g/mol. The Balaban J connectivity index is 2.66. The van der Waals surface area contributed by atoms with Crippen molar-refractivity contribution in [2.24, 2.45) is 0 Å². The lowest BCUT2D eigenvalue weighted by Gasteiger charge is -2.41. The van der Waals surface area contributed by atoms with Gasteiger partial charge in [-0.05, 0) is 44.5 Å². The number of hydrogen-bond acceptors (Lipinski definition) is 5. The first-order valence-electron chi connectivity index (χ1n) is 6.55. The van der Waals surface area contributed by atoms with Crippen LogP contribution in [0.25, 0.3) is 5.57 Å². The van der Waals surface area contributed by atoms with Crippen molar-refractivity contribution in [3.8, 4) is 5.75 Å². The Kier molecular flexibility index (Phi) is 3.81. The number of rotatable bonds is 3. The summed E-state index contributed by atoms with van der Waals surface area (Å²) in [5.74, 6) is 0.155. The Bertz CT molecular complexity index is 851. The zero-order chi connectivity index (χ0) is 16.9. The average molecular weight is 345 g/mol. The minimum absolute atomic E-state index is 0.155. The Morgan fingerprint density at radius 3 is 2.18 bits per heavy atom. The lowest BCUT2D eigenvalue weighted by atomic mass is 9.91. The Morgan fingerprint density at radius 2 is 1.68 bits per heavy atom. The van der Waals surface area contributed by atoms with Crippen molar-refractivity contribution >= 4 is 31.4 Å². The second-order valence-corrected chi connectivity index (χ2v) is 9.38. The second kappa shape index (κ2) is 4.99. The summed E-state index contributed by atoms with van der Waals surface area (Å²) >= 11 is 0. The van der Waals surface area contributed by atoms with Gasteiger partial charge in [-0.1, -0.05) is 6.08 Å². The lowest BCUT2D eigenvalue weighted by Crippen LogP contribution is -2.48. The number of sulfonamides is 1. The maximum Gasteiger partial charge on any atom is 0.306 e. The van der Waals surface area contributed by atoms with Crippen LogP contribution < -0.4 is 8.49 Å². The van der Waals surface area contributed by atoms with Gasteiger partial charge in [0.1, 0.15) is 5.75 Å². The molecule has 0 atom stereocenters. The molecule has 6 nitrogen and oxygen atoms in total. The second-order valence-electron chi connectivity index (χ2n) is 5.97. The predicted octanol–water partition coefficient (Wildman–Crippen LogP) is 1.99. The predicted molar refractivity (Wildman–Crippen MR) is 87.0 cm³/mol. The first-order valence-corrected chi connectivity index (χ1v) is 10.2. The maximum atomic E-state index is 12.2. The minimum atomic E-state index is -3.64. The molecule has 0 fully saturated rings. The summed E-state index contributed by atoms with van der Waals surface area (Å²) in [6.07, 6.45) is 3.94. The third kappa shape index (κ3) is 3.27. The van der Waals surface area contributed by atoms with Gasteiger partial charge in [-0.2, -0.15) is 8.42 Å². The van der Waals surface area contributed by atoms with Gasteiger partial charge in [-0.25, -0.2) is 8.42 Å². The standard InChI is InChI=1S/C14H19NO5S2/c1-10-9-14(2,3)15(21(4,16)17)13-7-6-11(8-12(10)13)20-22(5,18)19/h6-9H,1-5H3. The number of nitrogens with zero attached hydrogens (tertiary/aromatic N) is 1. The van der Waals surface area contributed by atoms with Gasteiger partial charge < -0.3 is 4.18 Å². The summed E-state index contributed by atoms with van der Waals surface area (Å²) in [4.78, 5) is 0. The van der Waals surface area contributed by atoms with E-state index in [4.69, 9.17) is 4.18 Å². The Labute approximate surface area is 131 Å². The topological polar surface area (TPSA) is 80.8 Å². The van der Waals surface area contributed by atoms with Crippen LogP contribution >= 0.6 is 0 Å². The average Bonchev–Trinajstić information content (AvgIpc) is 2.24. The SMILES string of the molecule is CC1=CC(C)(C)N(S(C)(=O)=O)c2ccc(OS(C)(=O)=O)cc21. The molecule has 1 aromatic rings. The highest BCUT2D eigenvalue weighted by Gasteiger charge is 2.37. The number of fused-ring (bicyclic) bond motifs is 1. The van der Waals surface area contributed by atoms with E-state index >= 15 is 0 Å². The van der Waals surface area contributed by atoms with Crippen molar-refractivity contribution < 1.29 is 21.0 Å².